The van der Waals surface area contributed by atoms with Gasteiger partial charge in [0.25, 0.3) is 0 Å². The van der Waals surface area contributed by atoms with Gasteiger partial charge in [0.05, 0.1) is 51.3 Å². The summed E-state index contributed by atoms with van der Waals surface area (Å²) in [6.45, 7) is 16.7. The molecule has 11 atom stereocenters. The third kappa shape index (κ3) is 6.63. The predicted octanol–water partition coefficient (Wildman–Crippen LogP) is 5.88. The Bertz CT molecular complexity index is 670. The van der Waals surface area contributed by atoms with E-state index in [4.69, 9.17) is 23.7 Å². The molecule has 5 rings (SSSR count). The molecule has 0 radical (unpaired) electrons. The first-order chi connectivity index (χ1) is 16.9. The molecule has 0 bridgehead atoms. The van der Waals surface area contributed by atoms with Crippen LogP contribution < -0.4 is 0 Å². The molecule has 0 spiro atoms. The maximum absolute atomic E-state index is 6.61. The van der Waals surface area contributed by atoms with Crippen molar-refractivity contribution < 1.29 is 23.7 Å². The van der Waals surface area contributed by atoms with E-state index in [1.807, 2.05) is 0 Å². The summed E-state index contributed by atoms with van der Waals surface area (Å²) in [5.74, 6) is 4.14. The van der Waals surface area contributed by atoms with Gasteiger partial charge in [-0.2, -0.15) is 0 Å². The first kappa shape index (κ1) is 26.4. The highest BCUT2D eigenvalue weighted by atomic mass is 16.6. The van der Waals surface area contributed by atoms with E-state index < -0.39 is 0 Å². The van der Waals surface area contributed by atoms with Crippen LogP contribution in [-0.4, -0.2) is 63.6 Å². The molecular formula is C30H52O5. The quantitative estimate of drug-likeness (QED) is 0.300. The van der Waals surface area contributed by atoms with E-state index in [0.29, 0.717) is 59.6 Å². The minimum Gasteiger partial charge on any atom is -0.375 e. The fourth-order valence-electron chi connectivity index (χ4n) is 7.72. The van der Waals surface area contributed by atoms with Gasteiger partial charge in [-0.05, 0) is 79.4 Å². The van der Waals surface area contributed by atoms with Crippen LogP contribution in [0, 0.1) is 40.9 Å². The van der Waals surface area contributed by atoms with Gasteiger partial charge in [-0.15, -0.1) is 0 Å². The molecule has 5 fully saturated rings. The zero-order valence-corrected chi connectivity index (χ0v) is 23.1. The molecule has 10 unspecified atom stereocenters. The Labute approximate surface area is 214 Å². The van der Waals surface area contributed by atoms with Gasteiger partial charge in [0.2, 0.25) is 0 Å². The molecule has 5 nitrogen and oxygen atoms in total. The zero-order valence-electron chi connectivity index (χ0n) is 23.1. The summed E-state index contributed by atoms with van der Waals surface area (Å²) >= 11 is 0. The summed E-state index contributed by atoms with van der Waals surface area (Å²) in [7, 11) is 0. The van der Waals surface area contributed by atoms with E-state index in [0.717, 1.165) is 44.9 Å². The third-order valence-electron chi connectivity index (χ3n) is 10.5. The maximum atomic E-state index is 6.61. The van der Waals surface area contributed by atoms with Crippen molar-refractivity contribution in [3.8, 4) is 0 Å². The lowest BCUT2D eigenvalue weighted by atomic mass is 9.54. The molecule has 202 valence electrons. The average Bonchev–Trinajstić information content (AvgIpc) is 3.70. The summed E-state index contributed by atoms with van der Waals surface area (Å²) in [4.78, 5) is 0. The van der Waals surface area contributed by atoms with E-state index >= 15 is 0 Å². The molecule has 3 aliphatic heterocycles. The van der Waals surface area contributed by atoms with Crippen LogP contribution in [0.3, 0.4) is 0 Å². The highest BCUT2D eigenvalue weighted by Gasteiger charge is 2.49. The molecule has 35 heavy (non-hydrogen) atoms. The van der Waals surface area contributed by atoms with Crippen LogP contribution in [0.5, 0.6) is 0 Å². The molecule has 0 aromatic heterocycles. The van der Waals surface area contributed by atoms with Gasteiger partial charge in [-0.25, -0.2) is 0 Å². The van der Waals surface area contributed by atoms with Gasteiger partial charge in [-0.1, -0.05) is 47.5 Å². The fourth-order valence-corrected chi connectivity index (χ4v) is 7.72. The summed E-state index contributed by atoms with van der Waals surface area (Å²) < 4.78 is 29.5. The lowest BCUT2D eigenvalue weighted by molar-refractivity contribution is -0.113. The van der Waals surface area contributed by atoms with Crippen molar-refractivity contribution in [1.29, 1.82) is 0 Å². The normalized spacial score (nSPS) is 45.3. The number of hydrogen-bond acceptors (Lipinski definition) is 5. The van der Waals surface area contributed by atoms with Crippen molar-refractivity contribution in [2.45, 2.75) is 117 Å². The van der Waals surface area contributed by atoms with Crippen LogP contribution in [0.25, 0.3) is 0 Å². The van der Waals surface area contributed by atoms with Crippen LogP contribution in [0.2, 0.25) is 0 Å². The van der Waals surface area contributed by atoms with Crippen LogP contribution in [0.4, 0.5) is 0 Å². The van der Waals surface area contributed by atoms with Crippen molar-refractivity contribution >= 4 is 0 Å². The number of rotatable bonds is 13. The van der Waals surface area contributed by atoms with Crippen molar-refractivity contribution in [2.24, 2.45) is 40.9 Å². The van der Waals surface area contributed by atoms with Gasteiger partial charge in [0, 0.05) is 0 Å². The second-order valence-corrected chi connectivity index (χ2v) is 13.3. The van der Waals surface area contributed by atoms with Crippen molar-refractivity contribution in [2.75, 3.05) is 33.0 Å². The molecule has 5 aliphatic rings. The van der Waals surface area contributed by atoms with Gasteiger partial charge in [0.15, 0.2) is 0 Å². The summed E-state index contributed by atoms with van der Waals surface area (Å²) in [6, 6.07) is 0. The van der Waals surface area contributed by atoms with Crippen LogP contribution in [0.15, 0.2) is 0 Å². The molecule has 0 aromatic carbocycles. The lowest BCUT2D eigenvalue weighted by Crippen LogP contribution is -2.48. The SMILES string of the molecule is CCC1CC(C(C)(C)C2CC(CC)C(OC[C@@H]3CO3)C(CCC3CO3)C2)CC(C)C1OCC1CO1. The second-order valence-electron chi connectivity index (χ2n) is 13.3. The topological polar surface area (TPSA) is 56.0 Å². The van der Waals surface area contributed by atoms with E-state index in [1.54, 1.807) is 0 Å². The minimum atomic E-state index is 0.346. The van der Waals surface area contributed by atoms with E-state index in [9.17, 15) is 0 Å². The van der Waals surface area contributed by atoms with Gasteiger partial charge >= 0.3 is 0 Å². The smallest absolute Gasteiger partial charge is 0.104 e. The molecule has 2 aliphatic carbocycles. The van der Waals surface area contributed by atoms with Crippen molar-refractivity contribution in [1.82, 2.24) is 0 Å². The minimum absolute atomic E-state index is 0.346. The van der Waals surface area contributed by atoms with Crippen LogP contribution in [0.1, 0.15) is 86.0 Å². The lowest BCUT2D eigenvalue weighted by Gasteiger charge is -2.53. The van der Waals surface area contributed by atoms with Gasteiger partial charge in [-0.3, -0.25) is 0 Å². The Morgan fingerprint density at radius 1 is 0.657 bits per heavy atom. The van der Waals surface area contributed by atoms with E-state index in [1.165, 1.54) is 51.4 Å². The second kappa shape index (κ2) is 11.3. The zero-order chi connectivity index (χ0) is 24.6. The monoisotopic (exact) mass is 492 g/mol. The molecule has 5 heteroatoms. The number of epoxide rings is 3. The Morgan fingerprint density at radius 2 is 1.14 bits per heavy atom. The highest BCUT2D eigenvalue weighted by molar-refractivity contribution is 4.98. The first-order valence-corrected chi connectivity index (χ1v) is 15.0. The summed E-state index contributed by atoms with van der Waals surface area (Å²) in [5, 5.41) is 0. The molecular weight excluding hydrogens is 440 g/mol. The molecule has 0 amide bonds. The molecule has 3 saturated heterocycles. The number of hydrogen-bond donors (Lipinski definition) is 0. The van der Waals surface area contributed by atoms with Crippen molar-refractivity contribution in [3.63, 3.8) is 0 Å². The van der Waals surface area contributed by atoms with E-state index in [-0.39, 0.29) is 0 Å². The molecule has 0 aromatic rings. The summed E-state index contributed by atoms with van der Waals surface area (Å²) in [5.41, 5.74) is 0.346. The molecule has 3 heterocycles. The van der Waals surface area contributed by atoms with E-state index in [2.05, 4.69) is 34.6 Å². The van der Waals surface area contributed by atoms with Crippen molar-refractivity contribution in [3.05, 3.63) is 0 Å². The third-order valence-corrected chi connectivity index (χ3v) is 10.5. The average molecular weight is 493 g/mol. The van der Waals surface area contributed by atoms with Gasteiger partial charge in [0.1, 0.15) is 12.2 Å². The van der Waals surface area contributed by atoms with Gasteiger partial charge < -0.3 is 23.7 Å². The molecule has 2 saturated carbocycles. The highest BCUT2D eigenvalue weighted by Crippen LogP contribution is 2.54. The Morgan fingerprint density at radius 3 is 1.69 bits per heavy atom. The van der Waals surface area contributed by atoms with Crippen LogP contribution in [-0.2, 0) is 23.7 Å². The first-order valence-electron chi connectivity index (χ1n) is 15.0. The standard InChI is InChI=1S/C30H52O5/c1-6-20-11-23(10-19(3)28(20)34-17-26-15-32-26)30(4,5)24-12-21(7-2)29(35-18-27-16-33-27)22(13-24)8-9-25-14-31-25/h19-29H,6-18H2,1-5H3/t19?,20?,21?,22?,23?,24?,25?,26?,27-,28?,29?/m0/s1. The summed E-state index contributed by atoms with van der Waals surface area (Å²) in [6.07, 6.45) is 12.2. The predicted molar refractivity (Wildman–Crippen MR) is 137 cm³/mol. The van der Waals surface area contributed by atoms with Crippen LogP contribution >= 0.6 is 0 Å². The largest absolute Gasteiger partial charge is 0.375 e. The fraction of sp³-hybridized carbons (Fsp3) is 1.00. The molecule has 0 N–H and O–H groups in total. The Kier molecular flexibility index (Phi) is 8.50. The Balaban J connectivity index is 1.25. The maximum Gasteiger partial charge on any atom is 0.104 e. The number of ether oxygens (including phenoxy) is 5. The Hall–Kier alpha value is -0.200.